The Morgan fingerprint density at radius 2 is 0.851 bits per heavy atom. The van der Waals surface area contributed by atoms with Crippen LogP contribution in [0.2, 0.25) is 0 Å². The number of hydrogen-bond donors (Lipinski definition) is 0. The zero-order valence-corrected chi connectivity index (χ0v) is 39.4. The molecule has 8 aromatic rings. The minimum absolute atomic E-state index is 0.152. The third kappa shape index (κ3) is 6.69. The van der Waals surface area contributed by atoms with Crippen molar-refractivity contribution in [2.24, 2.45) is 0 Å². The van der Waals surface area contributed by atoms with E-state index in [4.69, 9.17) is 0 Å². The molecular weight excluding hydrogens is 809 g/mol. The Kier molecular flexibility index (Phi) is 9.87. The molecular formula is C65H56N2. The second kappa shape index (κ2) is 15.7. The second-order valence-electron chi connectivity index (χ2n) is 19.9. The molecule has 2 heterocycles. The smallest absolute Gasteiger partial charge is 0.0503 e. The Morgan fingerprint density at radius 3 is 1.52 bits per heavy atom. The lowest BCUT2D eigenvalue weighted by molar-refractivity contribution is 0.630. The van der Waals surface area contributed by atoms with Crippen LogP contribution >= 0.6 is 0 Å². The molecule has 0 saturated heterocycles. The number of para-hydroxylation sites is 3. The molecule has 67 heavy (non-hydrogen) atoms. The fourth-order valence-electron chi connectivity index (χ4n) is 11.3. The standard InChI is InChI=1S/C65H56N2/c1-9-18-49(10-2)66-59-23-16-14-21-53(59)63(3,4)57-41-46(33-37-61(57)66)45-30-27-43(28-31-45)25-26-44-29-35-51-52-36-32-47(40-56(52)65(7,8)55(51)39-44)48-34-38-62-58(42-48)64(5,6)54-22-15-17-24-60(54)67(62)50-19-12-11-13-20-50/h9-42H,1-2H2,3-8H3/b26-25+,49-18+. The lowest BCUT2D eigenvalue weighted by atomic mass is 9.72. The maximum Gasteiger partial charge on any atom is 0.0503 e. The topological polar surface area (TPSA) is 6.48 Å². The van der Waals surface area contributed by atoms with Crippen LogP contribution in [0.4, 0.5) is 28.4 Å². The minimum atomic E-state index is -0.186. The first kappa shape index (κ1) is 42.0. The van der Waals surface area contributed by atoms with Gasteiger partial charge in [0, 0.05) is 27.6 Å². The first-order valence-electron chi connectivity index (χ1n) is 23.6. The monoisotopic (exact) mass is 864 g/mol. The maximum atomic E-state index is 4.15. The number of hydrogen-bond acceptors (Lipinski definition) is 2. The highest BCUT2D eigenvalue weighted by Crippen LogP contribution is 2.55. The molecule has 0 atom stereocenters. The van der Waals surface area contributed by atoms with Crippen LogP contribution < -0.4 is 9.80 Å². The Hall–Kier alpha value is -7.68. The van der Waals surface area contributed by atoms with E-state index < -0.39 is 0 Å². The largest absolute Gasteiger partial charge is 0.310 e. The molecule has 1 aliphatic carbocycles. The Balaban J connectivity index is 0.858. The van der Waals surface area contributed by atoms with Gasteiger partial charge in [-0.15, -0.1) is 0 Å². The molecule has 2 nitrogen and oxygen atoms in total. The summed E-state index contributed by atoms with van der Waals surface area (Å²) in [6.45, 7) is 22.3. The summed E-state index contributed by atoms with van der Waals surface area (Å²) in [5.41, 5.74) is 24.4. The molecule has 8 aromatic carbocycles. The molecule has 2 heteroatoms. The van der Waals surface area contributed by atoms with Crippen molar-refractivity contribution in [1.29, 1.82) is 0 Å². The summed E-state index contributed by atoms with van der Waals surface area (Å²) in [6, 6.07) is 65.4. The predicted molar refractivity (Wildman–Crippen MR) is 286 cm³/mol. The maximum absolute atomic E-state index is 4.15. The SMILES string of the molecule is C=C/C=C(\C=C)N1c2ccccc2C(C)(C)c2cc(-c3ccc(/C=C/c4ccc5c(c4)C(C)(C)c4cc(-c6ccc7c(c6)C(C)(C)c6ccccc6N7c6ccccc6)ccc4-5)cc3)ccc21. The third-order valence-corrected chi connectivity index (χ3v) is 15.0. The molecule has 326 valence electrons. The van der Waals surface area contributed by atoms with Gasteiger partial charge in [-0.3, -0.25) is 0 Å². The number of anilines is 5. The molecule has 0 N–H and O–H groups in total. The fraction of sp³-hybridized carbons (Fsp3) is 0.138. The van der Waals surface area contributed by atoms with Gasteiger partial charge in [-0.1, -0.05) is 194 Å². The summed E-state index contributed by atoms with van der Waals surface area (Å²) in [6.07, 6.45) is 10.3. The minimum Gasteiger partial charge on any atom is -0.310 e. The highest BCUT2D eigenvalue weighted by atomic mass is 15.2. The molecule has 0 amide bonds. The van der Waals surface area contributed by atoms with E-state index >= 15 is 0 Å². The lowest BCUT2D eigenvalue weighted by Crippen LogP contribution is -2.32. The molecule has 0 spiro atoms. The zero-order valence-electron chi connectivity index (χ0n) is 39.4. The summed E-state index contributed by atoms with van der Waals surface area (Å²) < 4.78 is 0. The van der Waals surface area contributed by atoms with Crippen molar-refractivity contribution >= 4 is 40.6 Å². The third-order valence-electron chi connectivity index (χ3n) is 15.0. The van der Waals surface area contributed by atoms with E-state index in [1.807, 2.05) is 18.2 Å². The van der Waals surface area contributed by atoms with Gasteiger partial charge in [-0.25, -0.2) is 0 Å². The number of fused-ring (bicyclic) bond motifs is 7. The number of benzene rings is 8. The first-order chi connectivity index (χ1) is 32.4. The van der Waals surface area contributed by atoms with Crippen LogP contribution in [0.1, 0.15) is 86.1 Å². The average molecular weight is 865 g/mol. The zero-order chi connectivity index (χ0) is 46.2. The van der Waals surface area contributed by atoms with Crippen molar-refractivity contribution in [3.05, 3.63) is 258 Å². The molecule has 0 radical (unpaired) electrons. The van der Waals surface area contributed by atoms with Crippen LogP contribution in [0.5, 0.6) is 0 Å². The van der Waals surface area contributed by atoms with E-state index in [0.29, 0.717) is 0 Å². The van der Waals surface area contributed by atoms with Crippen molar-refractivity contribution in [1.82, 2.24) is 0 Å². The Bertz CT molecular complexity index is 3360. The van der Waals surface area contributed by atoms with Gasteiger partial charge >= 0.3 is 0 Å². The van der Waals surface area contributed by atoms with E-state index in [9.17, 15) is 0 Å². The van der Waals surface area contributed by atoms with E-state index in [-0.39, 0.29) is 16.2 Å². The summed E-state index contributed by atoms with van der Waals surface area (Å²) in [7, 11) is 0. The van der Waals surface area contributed by atoms with Crippen molar-refractivity contribution in [3.8, 4) is 33.4 Å². The summed E-state index contributed by atoms with van der Waals surface area (Å²) in [4.78, 5) is 4.74. The number of nitrogens with zero attached hydrogens (tertiary/aromatic N) is 2. The number of rotatable bonds is 8. The quantitative estimate of drug-likeness (QED) is 0.111. The normalized spacial score (nSPS) is 15.8. The first-order valence-corrected chi connectivity index (χ1v) is 23.6. The van der Waals surface area contributed by atoms with Gasteiger partial charge in [0.1, 0.15) is 0 Å². The van der Waals surface area contributed by atoms with Gasteiger partial charge in [0.25, 0.3) is 0 Å². The van der Waals surface area contributed by atoms with E-state index in [0.717, 1.165) is 5.70 Å². The van der Waals surface area contributed by atoms with Crippen LogP contribution in [0, 0.1) is 0 Å². The van der Waals surface area contributed by atoms with E-state index in [1.54, 1.807) is 0 Å². The molecule has 0 bridgehead atoms. The summed E-state index contributed by atoms with van der Waals surface area (Å²) >= 11 is 0. The lowest BCUT2D eigenvalue weighted by Gasteiger charge is -2.42. The highest BCUT2D eigenvalue weighted by molar-refractivity contribution is 5.90. The van der Waals surface area contributed by atoms with Gasteiger partial charge in [0.2, 0.25) is 0 Å². The Labute approximate surface area is 397 Å². The van der Waals surface area contributed by atoms with Crippen LogP contribution in [0.25, 0.3) is 45.5 Å². The number of allylic oxidation sites excluding steroid dienone is 3. The fourth-order valence-corrected chi connectivity index (χ4v) is 11.3. The Morgan fingerprint density at radius 1 is 0.403 bits per heavy atom. The van der Waals surface area contributed by atoms with E-state index in [1.165, 1.54) is 106 Å². The van der Waals surface area contributed by atoms with Crippen molar-refractivity contribution in [2.75, 3.05) is 9.80 Å². The molecule has 3 aliphatic rings. The van der Waals surface area contributed by atoms with Gasteiger partial charge in [0.05, 0.1) is 22.7 Å². The van der Waals surface area contributed by atoms with Crippen LogP contribution in [-0.2, 0) is 16.2 Å². The predicted octanol–water partition coefficient (Wildman–Crippen LogP) is 17.6. The van der Waals surface area contributed by atoms with Gasteiger partial charge < -0.3 is 9.80 Å². The van der Waals surface area contributed by atoms with Crippen LogP contribution in [0.15, 0.2) is 213 Å². The molecule has 0 unspecified atom stereocenters. The van der Waals surface area contributed by atoms with Gasteiger partial charge in [-0.2, -0.15) is 0 Å². The van der Waals surface area contributed by atoms with Crippen LogP contribution in [0.3, 0.4) is 0 Å². The molecule has 11 rings (SSSR count). The molecule has 0 aromatic heterocycles. The van der Waals surface area contributed by atoms with E-state index in [2.05, 4.69) is 253 Å². The summed E-state index contributed by atoms with van der Waals surface area (Å²) in [5.74, 6) is 0. The highest BCUT2D eigenvalue weighted by Gasteiger charge is 2.39. The molecule has 0 saturated carbocycles. The molecule has 0 fully saturated rings. The van der Waals surface area contributed by atoms with Gasteiger partial charge in [-0.05, 0) is 145 Å². The second-order valence-corrected chi connectivity index (χ2v) is 19.9. The van der Waals surface area contributed by atoms with Crippen molar-refractivity contribution in [3.63, 3.8) is 0 Å². The molecule has 2 aliphatic heterocycles. The van der Waals surface area contributed by atoms with Gasteiger partial charge in [0.15, 0.2) is 0 Å². The van der Waals surface area contributed by atoms with Crippen LogP contribution in [-0.4, -0.2) is 0 Å². The summed E-state index contributed by atoms with van der Waals surface area (Å²) in [5, 5.41) is 0. The van der Waals surface area contributed by atoms with Crippen molar-refractivity contribution < 1.29 is 0 Å². The van der Waals surface area contributed by atoms with Crippen molar-refractivity contribution in [2.45, 2.75) is 57.8 Å². The average Bonchev–Trinajstić information content (AvgIpc) is 3.58.